The molecule has 0 aliphatic carbocycles. The SMILES string of the molecule is CC(C)(C)c1ccccc1P[C]12[CH]3[CH]4[CH]5[CH]1[Fe]45321678[CH]2[CH]1[CH]6[C]7(P(c1ccccc1)c1ccccc1)[CH]28. The van der Waals surface area contributed by atoms with E-state index in [0.29, 0.717) is 0 Å². The number of hydrogen-bond acceptors (Lipinski definition) is 0. The van der Waals surface area contributed by atoms with E-state index in [9.17, 15) is 0 Å². The van der Waals surface area contributed by atoms with Gasteiger partial charge in [0.1, 0.15) is 0 Å². The van der Waals surface area contributed by atoms with Crippen LogP contribution in [0.5, 0.6) is 0 Å². The summed E-state index contributed by atoms with van der Waals surface area (Å²) in [5, 5.41) is 5.25. The molecule has 3 aromatic carbocycles. The van der Waals surface area contributed by atoms with Crippen LogP contribution in [0.25, 0.3) is 0 Å². The molecule has 35 heavy (non-hydrogen) atoms. The Morgan fingerprint density at radius 1 is 0.657 bits per heavy atom. The van der Waals surface area contributed by atoms with E-state index in [4.69, 9.17) is 0 Å². The maximum absolute atomic E-state index is 3.62. The molecule has 1 spiro atoms. The van der Waals surface area contributed by atoms with Crippen LogP contribution in [0, 0.1) is 0 Å². The minimum absolute atomic E-state index is 0.201. The third kappa shape index (κ3) is 0.415. The van der Waals surface area contributed by atoms with E-state index in [1.54, 1.807) is 21.5 Å². The van der Waals surface area contributed by atoms with Crippen LogP contribution in [0.1, 0.15) is 26.3 Å². The van der Waals surface area contributed by atoms with Crippen molar-refractivity contribution in [3.8, 4) is 0 Å². The van der Waals surface area contributed by atoms with E-state index in [0.717, 1.165) is 16.7 Å². The fraction of sp³-hybridized carbons (Fsp3) is 0.438. The van der Waals surface area contributed by atoms with E-state index in [1.807, 2.05) is 0 Å². The Labute approximate surface area is 201 Å². The van der Waals surface area contributed by atoms with Gasteiger partial charge < -0.3 is 0 Å². The molecular weight excluding hydrogens is 502 g/mol. The van der Waals surface area contributed by atoms with Crippen LogP contribution in [0.15, 0.2) is 84.9 Å². The molecule has 10 heterocycles. The van der Waals surface area contributed by atoms with Gasteiger partial charge in [0.05, 0.1) is 0 Å². The first-order valence-electron chi connectivity index (χ1n) is 13.7. The summed E-state index contributed by atoms with van der Waals surface area (Å²) >= 11 is 0. The maximum atomic E-state index is 2.56. The van der Waals surface area contributed by atoms with E-state index < -0.39 is 6.51 Å². The molecule has 10 saturated heterocycles. The van der Waals surface area contributed by atoms with Gasteiger partial charge in [0.2, 0.25) is 0 Å². The molecule has 10 aliphatic heterocycles. The van der Waals surface area contributed by atoms with Crippen molar-refractivity contribution < 1.29 is 6.51 Å². The van der Waals surface area contributed by atoms with Crippen molar-refractivity contribution in [3.63, 3.8) is 0 Å². The molecule has 3 heteroatoms. The van der Waals surface area contributed by atoms with E-state index in [2.05, 4.69) is 106 Å². The molecule has 10 fully saturated rings. The van der Waals surface area contributed by atoms with Gasteiger partial charge in [0, 0.05) is 0 Å². The van der Waals surface area contributed by atoms with E-state index >= 15 is 0 Å². The number of rotatable bonds is 5. The average molecular weight is 534 g/mol. The van der Waals surface area contributed by atoms with Gasteiger partial charge in [-0.05, 0) is 0 Å². The van der Waals surface area contributed by atoms with Crippen molar-refractivity contribution in [3.05, 3.63) is 90.5 Å². The fourth-order valence-electron chi connectivity index (χ4n) is 20.5. The zero-order valence-corrected chi connectivity index (χ0v) is 23.5. The van der Waals surface area contributed by atoms with Gasteiger partial charge in [0.25, 0.3) is 0 Å². The second-order valence-electron chi connectivity index (χ2n) is 16.7. The summed E-state index contributed by atoms with van der Waals surface area (Å²) in [6.07, 6.45) is 0. The van der Waals surface area contributed by atoms with Gasteiger partial charge in [-0.25, -0.2) is 0 Å². The monoisotopic (exact) mass is 534 g/mol. The van der Waals surface area contributed by atoms with Gasteiger partial charge in [-0.1, -0.05) is 0 Å². The van der Waals surface area contributed by atoms with Crippen molar-refractivity contribution in [1.82, 2.24) is 0 Å². The predicted octanol–water partition coefficient (Wildman–Crippen LogP) is 7.63. The zero-order valence-electron chi connectivity index (χ0n) is 20.5. The molecule has 0 amide bonds. The summed E-state index contributed by atoms with van der Waals surface area (Å²) in [6, 6.07) is 33.7. The van der Waals surface area contributed by atoms with E-state index in [-0.39, 0.29) is 13.3 Å². The van der Waals surface area contributed by atoms with Crippen molar-refractivity contribution >= 4 is 32.4 Å². The van der Waals surface area contributed by atoms with Gasteiger partial charge in [-0.15, -0.1) is 0 Å². The van der Waals surface area contributed by atoms with Crippen LogP contribution in [0.3, 0.4) is 0 Å². The van der Waals surface area contributed by atoms with Gasteiger partial charge in [-0.2, -0.15) is 0 Å². The molecule has 0 N–H and O–H groups in total. The second-order valence-corrected chi connectivity index (χ2v) is 44.8. The minimum atomic E-state index is -3.62. The standard InChI is InChI=1S/C17H14P.C15H18P.Fe/c1-3-9-15(10-4-1)18(17-13-7-8-14-17)16-11-5-2-6-12-16;1-15(2,3)13-10-6-7-11-14(13)16-12-8-4-5-9-12;/h1-14H;4-11,16H,1-3H3;. The average Bonchev–Trinajstić information content (AvgIpc) is 3.81. The molecule has 0 aromatic heterocycles. The van der Waals surface area contributed by atoms with Gasteiger partial charge >= 0.3 is 202 Å². The summed E-state index contributed by atoms with van der Waals surface area (Å²) in [5.74, 6) is 0. The van der Waals surface area contributed by atoms with Crippen molar-refractivity contribution in [2.45, 2.75) is 72.8 Å². The van der Waals surface area contributed by atoms with Crippen LogP contribution >= 0.6 is 16.5 Å². The summed E-state index contributed by atoms with van der Waals surface area (Å²) in [6.45, 7) is 3.72. The molecule has 10 aliphatic rings. The first kappa shape index (κ1) is 17.5. The van der Waals surface area contributed by atoms with Crippen LogP contribution < -0.4 is 15.9 Å². The Morgan fingerprint density at radius 2 is 1.14 bits per heavy atom. The quantitative estimate of drug-likeness (QED) is 0.233. The molecule has 0 saturated carbocycles. The third-order valence-electron chi connectivity index (χ3n) is 19.2. The van der Waals surface area contributed by atoms with Crippen LogP contribution in [0.4, 0.5) is 0 Å². The molecule has 178 valence electrons. The van der Waals surface area contributed by atoms with Crippen LogP contribution in [-0.4, -0.2) is 8.11 Å². The van der Waals surface area contributed by atoms with Crippen LogP contribution in [0.2, 0.25) is 38.5 Å². The molecule has 13 rings (SSSR count). The Balaban J connectivity index is 1.10. The first-order valence-corrected chi connectivity index (χ1v) is 22.3. The summed E-state index contributed by atoms with van der Waals surface area (Å²) < 4.78 is 1.76. The molecule has 9 unspecified atom stereocenters. The van der Waals surface area contributed by atoms with Gasteiger partial charge in [-0.3, -0.25) is 0 Å². The Kier molecular flexibility index (Phi) is 1.26. The Bertz CT molecular complexity index is 1940. The Morgan fingerprint density at radius 3 is 1.63 bits per heavy atom. The van der Waals surface area contributed by atoms with Gasteiger partial charge in [0.15, 0.2) is 0 Å². The molecule has 0 bridgehead atoms. The third-order valence-corrected chi connectivity index (χ3v) is 75.0. The zero-order chi connectivity index (χ0) is 22.9. The molecule has 3 aromatic rings. The second kappa shape index (κ2) is 2.52. The normalized spacial score (nSPS) is 66.9. The van der Waals surface area contributed by atoms with Crippen molar-refractivity contribution in [2.75, 3.05) is 0 Å². The summed E-state index contributed by atoms with van der Waals surface area (Å²) in [4.78, 5) is 10.5. The molecule has 9 atom stereocenters. The van der Waals surface area contributed by atoms with Crippen molar-refractivity contribution in [2.24, 2.45) is 0 Å². The fourth-order valence-corrected chi connectivity index (χ4v) is 123. The number of fused-ring (bicyclic) bond motifs is 10. The number of hydrogen-bond donors (Lipinski definition) is 0. The van der Waals surface area contributed by atoms with Crippen molar-refractivity contribution in [1.29, 1.82) is 0 Å². The summed E-state index contributed by atoms with van der Waals surface area (Å²) in [5.41, 5.74) is 1.92. The molecule has 0 radical (unpaired) electrons. The predicted molar refractivity (Wildman–Crippen MR) is 148 cm³/mol. The molecular formula is C32H32FeP2. The number of benzene rings is 3. The topological polar surface area (TPSA) is 0 Å². The molecule has 0 nitrogen and oxygen atoms in total. The van der Waals surface area contributed by atoms with E-state index in [1.165, 1.54) is 38.5 Å². The first-order chi connectivity index (χ1) is 16.7. The van der Waals surface area contributed by atoms with Crippen LogP contribution in [-0.2, 0) is 11.9 Å². The summed E-state index contributed by atoms with van der Waals surface area (Å²) in [7, 11) is 0.946. The Hall–Kier alpha value is -0.961.